The van der Waals surface area contributed by atoms with Gasteiger partial charge in [0.2, 0.25) is 11.8 Å². The Kier molecular flexibility index (Phi) is 9.39. The van der Waals surface area contributed by atoms with Gasteiger partial charge in [-0.25, -0.2) is 0 Å². The number of carbonyl (C=O) groups is 2. The molecule has 0 radical (unpaired) electrons. The molecule has 2 rings (SSSR count). The van der Waals surface area contributed by atoms with E-state index in [1.165, 1.54) is 70.6 Å². The summed E-state index contributed by atoms with van der Waals surface area (Å²) in [6.45, 7) is 11.7. The second kappa shape index (κ2) is 11.1. The molecule has 0 aliphatic carbocycles. The van der Waals surface area contributed by atoms with Crippen LogP contribution in [0.2, 0.25) is 0 Å². The molecule has 0 spiro atoms. The van der Waals surface area contributed by atoms with Gasteiger partial charge in [0.25, 0.3) is 0 Å². The van der Waals surface area contributed by atoms with Crippen molar-refractivity contribution in [2.75, 3.05) is 7.05 Å². The van der Waals surface area contributed by atoms with E-state index in [9.17, 15) is 9.59 Å². The van der Waals surface area contributed by atoms with Crippen LogP contribution in [0.4, 0.5) is 0 Å². The van der Waals surface area contributed by atoms with E-state index in [0.29, 0.717) is 23.4 Å². The van der Waals surface area contributed by atoms with E-state index >= 15 is 0 Å². The van der Waals surface area contributed by atoms with E-state index in [2.05, 4.69) is 51.9 Å². The molecule has 0 aromatic rings. The first-order valence-electron chi connectivity index (χ1n) is 12.6. The molecule has 2 saturated heterocycles. The molecular formula is C26H48N2O2. The zero-order valence-electron chi connectivity index (χ0n) is 20.7. The lowest BCUT2D eigenvalue weighted by atomic mass is 9.72. The summed E-state index contributed by atoms with van der Waals surface area (Å²) < 4.78 is 0. The number of imide groups is 1. The molecule has 2 heterocycles. The molecule has 174 valence electrons. The first kappa shape index (κ1) is 25.4. The van der Waals surface area contributed by atoms with Crippen molar-refractivity contribution < 1.29 is 9.59 Å². The minimum absolute atomic E-state index is 0.0557. The average molecular weight is 421 g/mol. The summed E-state index contributed by atoms with van der Waals surface area (Å²) in [5.74, 6) is 0.967. The van der Waals surface area contributed by atoms with Crippen LogP contribution in [0.5, 0.6) is 0 Å². The van der Waals surface area contributed by atoms with Gasteiger partial charge in [-0.3, -0.25) is 19.8 Å². The van der Waals surface area contributed by atoms with Crippen LogP contribution in [0.15, 0.2) is 0 Å². The summed E-state index contributed by atoms with van der Waals surface area (Å²) >= 11 is 0. The van der Waals surface area contributed by atoms with Gasteiger partial charge >= 0.3 is 0 Å². The van der Waals surface area contributed by atoms with Crippen molar-refractivity contribution >= 4 is 11.8 Å². The van der Waals surface area contributed by atoms with Crippen molar-refractivity contribution in [2.45, 2.75) is 129 Å². The van der Waals surface area contributed by atoms with Crippen LogP contribution in [-0.4, -0.2) is 34.8 Å². The summed E-state index contributed by atoms with van der Waals surface area (Å²) in [6, 6.07) is 0. The summed E-state index contributed by atoms with van der Waals surface area (Å²) in [5.41, 5.74) is 0.641. The van der Waals surface area contributed by atoms with E-state index in [1.54, 1.807) is 0 Å². The zero-order chi connectivity index (χ0) is 22.4. The Morgan fingerprint density at radius 2 is 1.40 bits per heavy atom. The average Bonchev–Trinajstić information content (AvgIpc) is 2.99. The third-order valence-corrected chi connectivity index (χ3v) is 8.11. The van der Waals surface area contributed by atoms with Crippen LogP contribution >= 0.6 is 0 Å². The fourth-order valence-corrected chi connectivity index (χ4v) is 5.98. The molecule has 30 heavy (non-hydrogen) atoms. The molecule has 2 amide bonds. The number of hydrogen-bond acceptors (Lipinski definition) is 3. The second-order valence-electron chi connectivity index (χ2n) is 11.6. The van der Waals surface area contributed by atoms with E-state index in [0.717, 1.165) is 12.3 Å². The molecule has 0 bridgehead atoms. The molecule has 2 aliphatic heterocycles. The Morgan fingerprint density at radius 3 is 1.90 bits per heavy atom. The maximum Gasteiger partial charge on any atom is 0.230 e. The van der Waals surface area contributed by atoms with Gasteiger partial charge < -0.3 is 0 Å². The highest BCUT2D eigenvalue weighted by Crippen LogP contribution is 2.41. The van der Waals surface area contributed by atoms with Gasteiger partial charge in [0.15, 0.2) is 0 Å². The van der Waals surface area contributed by atoms with Crippen LogP contribution in [-0.2, 0) is 9.59 Å². The smallest absolute Gasteiger partial charge is 0.230 e. The Hall–Kier alpha value is -0.900. The van der Waals surface area contributed by atoms with Crippen LogP contribution in [0.3, 0.4) is 0 Å². The largest absolute Gasteiger partial charge is 0.296 e. The second-order valence-corrected chi connectivity index (χ2v) is 11.6. The van der Waals surface area contributed by atoms with Crippen LogP contribution in [0.1, 0.15) is 118 Å². The molecule has 2 fully saturated rings. The number of nitrogens with one attached hydrogen (secondary N) is 1. The predicted octanol–water partition coefficient (Wildman–Crippen LogP) is 6.09. The van der Waals surface area contributed by atoms with Gasteiger partial charge in [-0.15, -0.1) is 0 Å². The summed E-state index contributed by atoms with van der Waals surface area (Å²) in [6.07, 6.45) is 16.1. The van der Waals surface area contributed by atoms with E-state index in [-0.39, 0.29) is 17.7 Å². The fourth-order valence-electron chi connectivity index (χ4n) is 5.98. The molecule has 4 heteroatoms. The van der Waals surface area contributed by atoms with Crippen molar-refractivity contribution in [3.63, 3.8) is 0 Å². The van der Waals surface area contributed by atoms with E-state index < -0.39 is 0 Å². The van der Waals surface area contributed by atoms with E-state index in [4.69, 9.17) is 0 Å². The first-order chi connectivity index (χ1) is 14.0. The third-order valence-electron chi connectivity index (χ3n) is 8.11. The number of hydrogen-bond donors (Lipinski definition) is 1. The fraction of sp³-hybridized carbons (Fsp3) is 0.923. The Balaban J connectivity index is 1.46. The molecule has 2 aliphatic rings. The van der Waals surface area contributed by atoms with Crippen LogP contribution in [0, 0.1) is 17.8 Å². The van der Waals surface area contributed by atoms with Crippen LogP contribution < -0.4 is 5.32 Å². The first-order valence-corrected chi connectivity index (χ1v) is 12.6. The zero-order valence-corrected chi connectivity index (χ0v) is 20.7. The Labute approximate surface area is 185 Å². The lowest BCUT2D eigenvalue weighted by molar-refractivity contribution is -0.126. The van der Waals surface area contributed by atoms with Crippen molar-refractivity contribution in [2.24, 2.45) is 17.8 Å². The number of unbranched alkanes of at least 4 members (excludes halogenated alkanes) is 7. The quantitative estimate of drug-likeness (QED) is 0.307. The highest BCUT2D eigenvalue weighted by Gasteiger charge is 2.42. The number of amides is 2. The summed E-state index contributed by atoms with van der Waals surface area (Å²) in [4.78, 5) is 25.6. The molecule has 2 atom stereocenters. The molecule has 4 nitrogen and oxygen atoms in total. The molecule has 0 aromatic heterocycles. The van der Waals surface area contributed by atoms with Crippen LogP contribution in [0.25, 0.3) is 0 Å². The monoisotopic (exact) mass is 420 g/mol. The van der Waals surface area contributed by atoms with Gasteiger partial charge in [0, 0.05) is 23.4 Å². The number of rotatable bonds is 12. The lowest BCUT2D eigenvalue weighted by Crippen LogP contribution is -2.58. The van der Waals surface area contributed by atoms with Crippen molar-refractivity contribution in [3.05, 3.63) is 0 Å². The van der Waals surface area contributed by atoms with Crippen molar-refractivity contribution in [3.8, 4) is 0 Å². The standard InChI is InChI=1S/C26H48N2O2/c1-20(22-17-23(29)27-24(22)30)15-13-11-9-7-8-10-12-14-16-21-18-25(2,3)28(6)26(4,5)19-21/h20-22H,7-19H2,1-6H3,(H,27,29,30). The SMILES string of the molecule is CC(CCCCCCCCCCC1CC(C)(C)N(C)C(C)(C)C1)C1CC(=O)NC1=O. The minimum atomic E-state index is -0.0971. The third kappa shape index (κ3) is 7.35. The highest BCUT2D eigenvalue weighted by atomic mass is 16.2. The summed E-state index contributed by atoms with van der Waals surface area (Å²) in [5, 5.41) is 2.43. The minimum Gasteiger partial charge on any atom is -0.296 e. The maximum absolute atomic E-state index is 11.7. The van der Waals surface area contributed by atoms with Gasteiger partial charge in [-0.2, -0.15) is 0 Å². The van der Waals surface area contributed by atoms with Gasteiger partial charge in [0.1, 0.15) is 0 Å². The van der Waals surface area contributed by atoms with Gasteiger partial charge in [0.05, 0.1) is 0 Å². The number of nitrogens with zero attached hydrogens (tertiary/aromatic N) is 1. The predicted molar refractivity (Wildman–Crippen MR) is 125 cm³/mol. The Bertz CT molecular complexity index is 551. The molecule has 0 saturated carbocycles. The molecule has 1 N–H and O–H groups in total. The van der Waals surface area contributed by atoms with Gasteiger partial charge in [-0.05, 0) is 65.8 Å². The topological polar surface area (TPSA) is 49.4 Å². The van der Waals surface area contributed by atoms with Gasteiger partial charge in [-0.1, -0.05) is 64.7 Å². The maximum atomic E-state index is 11.7. The van der Waals surface area contributed by atoms with E-state index in [1.807, 2.05) is 0 Å². The number of carbonyl (C=O) groups excluding carboxylic acids is 2. The number of likely N-dealkylation sites (tertiary alicyclic amines) is 1. The molecule has 0 aromatic carbocycles. The lowest BCUT2D eigenvalue weighted by Gasteiger charge is -2.54. The highest BCUT2D eigenvalue weighted by molar-refractivity contribution is 6.03. The number of piperidine rings is 1. The molecular weight excluding hydrogens is 372 g/mol. The summed E-state index contributed by atoms with van der Waals surface area (Å²) in [7, 11) is 2.29. The molecule has 2 unspecified atom stereocenters. The normalized spacial score (nSPS) is 25.5. The van der Waals surface area contributed by atoms with Crippen molar-refractivity contribution in [1.82, 2.24) is 10.2 Å². The Morgan fingerprint density at radius 1 is 0.900 bits per heavy atom. The van der Waals surface area contributed by atoms with Crippen molar-refractivity contribution in [1.29, 1.82) is 0 Å².